The van der Waals surface area contributed by atoms with Crippen LogP contribution in [0.5, 0.6) is 0 Å². The standard InChI is InChI=1S/C25H25F2N5O2/c26-18-5-3-17(4-6-18)24-25(28-20-9-7-19(27)8-10-20)32-13-12-31(15-22(32)29-24)23(34)16-30-11-1-2-21(33)14-30/h3-10,12-13,21,28,33H,1-2,11,14-16H2. The van der Waals surface area contributed by atoms with E-state index in [0.717, 1.165) is 19.4 Å². The molecule has 2 aromatic carbocycles. The van der Waals surface area contributed by atoms with Crippen LogP contribution in [0.15, 0.2) is 54.7 Å². The van der Waals surface area contributed by atoms with E-state index in [1.807, 2.05) is 9.47 Å². The molecule has 0 bridgehead atoms. The number of nitrogens with one attached hydrogen (secondary N) is 1. The van der Waals surface area contributed by atoms with Gasteiger partial charge < -0.3 is 15.3 Å². The quantitative estimate of drug-likeness (QED) is 0.600. The van der Waals surface area contributed by atoms with E-state index < -0.39 is 6.10 Å². The van der Waals surface area contributed by atoms with E-state index in [-0.39, 0.29) is 30.6 Å². The third-order valence-electron chi connectivity index (χ3n) is 6.08. The second-order valence-electron chi connectivity index (χ2n) is 8.58. The van der Waals surface area contributed by atoms with E-state index in [1.54, 1.807) is 41.6 Å². The van der Waals surface area contributed by atoms with Gasteiger partial charge in [-0.3, -0.25) is 14.3 Å². The number of nitrogens with zero attached hydrogens (tertiary/aromatic N) is 4. The summed E-state index contributed by atoms with van der Waals surface area (Å²) in [6.45, 7) is 1.78. The van der Waals surface area contributed by atoms with Gasteiger partial charge >= 0.3 is 0 Å². The van der Waals surface area contributed by atoms with E-state index in [4.69, 9.17) is 4.98 Å². The summed E-state index contributed by atoms with van der Waals surface area (Å²) in [4.78, 5) is 21.3. The minimum absolute atomic E-state index is 0.0732. The molecule has 7 nitrogen and oxygen atoms in total. The zero-order valence-corrected chi connectivity index (χ0v) is 18.5. The fourth-order valence-corrected chi connectivity index (χ4v) is 4.33. The Kier molecular flexibility index (Phi) is 6.12. The summed E-state index contributed by atoms with van der Waals surface area (Å²) in [5.74, 6) is 0.514. The minimum Gasteiger partial charge on any atom is -0.392 e. The number of benzene rings is 2. The third kappa shape index (κ3) is 4.71. The molecule has 0 aliphatic carbocycles. The highest BCUT2D eigenvalue weighted by Gasteiger charge is 2.26. The van der Waals surface area contributed by atoms with Crippen molar-refractivity contribution in [1.82, 2.24) is 19.4 Å². The van der Waals surface area contributed by atoms with E-state index >= 15 is 0 Å². The molecule has 1 amide bonds. The molecule has 2 aliphatic heterocycles. The molecule has 1 atom stereocenters. The summed E-state index contributed by atoms with van der Waals surface area (Å²) in [5, 5.41) is 13.2. The zero-order valence-electron chi connectivity index (χ0n) is 18.5. The van der Waals surface area contributed by atoms with Gasteiger partial charge in [-0.2, -0.15) is 0 Å². The molecule has 34 heavy (non-hydrogen) atoms. The number of anilines is 2. The average molecular weight is 466 g/mol. The number of halogens is 2. The van der Waals surface area contributed by atoms with Gasteiger partial charge in [0.25, 0.3) is 0 Å². The summed E-state index contributed by atoms with van der Waals surface area (Å²) in [6, 6.07) is 12.0. The van der Waals surface area contributed by atoms with Crippen LogP contribution in [0.25, 0.3) is 17.5 Å². The fraction of sp³-hybridized carbons (Fsp3) is 0.280. The van der Waals surface area contributed by atoms with Crippen molar-refractivity contribution in [2.75, 3.05) is 25.0 Å². The maximum atomic E-state index is 13.5. The number of likely N-dealkylation sites (tertiary alicyclic amines) is 1. The number of hydrogen-bond donors (Lipinski definition) is 2. The van der Waals surface area contributed by atoms with Crippen molar-refractivity contribution in [1.29, 1.82) is 0 Å². The highest BCUT2D eigenvalue weighted by atomic mass is 19.1. The Morgan fingerprint density at radius 3 is 2.47 bits per heavy atom. The van der Waals surface area contributed by atoms with E-state index in [9.17, 15) is 18.7 Å². The summed E-state index contributed by atoms with van der Waals surface area (Å²) >= 11 is 0. The second-order valence-corrected chi connectivity index (χ2v) is 8.58. The van der Waals surface area contributed by atoms with Crippen LogP contribution in [0.1, 0.15) is 18.7 Å². The molecule has 9 heteroatoms. The first-order valence-electron chi connectivity index (χ1n) is 11.2. The van der Waals surface area contributed by atoms with Gasteiger partial charge in [0.2, 0.25) is 5.91 Å². The lowest BCUT2D eigenvalue weighted by atomic mass is 10.1. The maximum Gasteiger partial charge on any atom is 0.241 e. The van der Waals surface area contributed by atoms with Crippen LogP contribution in [-0.4, -0.2) is 56.1 Å². The van der Waals surface area contributed by atoms with Crippen molar-refractivity contribution in [3.8, 4) is 11.3 Å². The zero-order chi connectivity index (χ0) is 23.7. The van der Waals surface area contributed by atoms with Crippen LogP contribution in [0, 0.1) is 11.6 Å². The largest absolute Gasteiger partial charge is 0.392 e. The predicted molar refractivity (Wildman–Crippen MR) is 125 cm³/mol. The summed E-state index contributed by atoms with van der Waals surface area (Å²) < 4.78 is 28.7. The first-order chi connectivity index (χ1) is 16.5. The van der Waals surface area contributed by atoms with Crippen molar-refractivity contribution in [2.45, 2.75) is 25.5 Å². The average Bonchev–Trinajstić information content (AvgIpc) is 3.18. The SMILES string of the molecule is O=C(CN1CCCC(O)C1)N1C=Cn2c(nc(-c3ccc(F)cc3)c2Nc2ccc(F)cc2)C1. The van der Waals surface area contributed by atoms with E-state index in [1.165, 1.54) is 24.3 Å². The van der Waals surface area contributed by atoms with Gasteiger partial charge in [0.1, 0.15) is 29.0 Å². The topological polar surface area (TPSA) is 73.6 Å². The molecule has 1 aromatic heterocycles. The number of piperidine rings is 1. The number of amides is 1. The molecule has 3 heterocycles. The highest BCUT2D eigenvalue weighted by Crippen LogP contribution is 2.33. The number of β-amino-alcohol motifs (C(OH)–C–C–N with tert-alkyl or cyclic N) is 1. The molecule has 5 rings (SSSR count). The van der Waals surface area contributed by atoms with Crippen molar-refractivity contribution in [2.24, 2.45) is 0 Å². The Hall–Kier alpha value is -3.56. The van der Waals surface area contributed by atoms with Crippen LogP contribution < -0.4 is 5.32 Å². The van der Waals surface area contributed by atoms with Gasteiger partial charge in [-0.25, -0.2) is 13.8 Å². The molecule has 3 aromatic rings. The Labute approximate surface area is 195 Å². The van der Waals surface area contributed by atoms with E-state index in [2.05, 4.69) is 5.32 Å². The minimum atomic E-state index is -0.393. The summed E-state index contributed by atoms with van der Waals surface area (Å²) in [5.41, 5.74) is 1.97. The van der Waals surface area contributed by atoms with Crippen molar-refractivity contribution >= 4 is 23.6 Å². The number of fused-ring (bicyclic) bond motifs is 1. The lowest BCUT2D eigenvalue weighted by Crippen LogP contribution is -2.44. The highest BCUT2D eigenvalue weighted by molar-refractivity contribution is 5.82. The number of aliphatic hydroxyl groups excluding tert-OH is 1. The van der Waals surface area contributed by atoms with Gasteiger partial charge in [-0.1, -0.05) is 0 Å². The smallest absolute Gasteiger partial charge is 0.241 e. The Morgan fingerprint density at radius 2 is 1.76 bits per heavy atom. The molecule has 0 saturated carbocycles. The second kappa shape index (κ2) is 9.36. The molecule has 0 spiro atoms. The molecular weight excluding hydrogens is 440 g/mol. The van der Waals surface area contributed by atoms with Gasteiger partial charge in [-0.15, -0.1) is 0 Å². The number of imidazole rings is 1. The van der Waals surface area contributed by atoms with Gasteiger partial charge in [0, 0.05) is 30.2 Å². The van der Waals surface area contributed by atoms with E-state index in [0.29, 0.717) is 35.1 Å². The molecule has 1 unspecified atom stereocenters. The van der Waals surface area contributed by atoms with Crippen molar-refractivity contribution < 1.29 is 18.7 Å². The van der Waals surface area contributed by atoms with Gasteiger partial charge in [0.15, 0.2) is 0 Å². The number of aromatic nitrogens is 2. The number of aliphatic hydroxyl groups is 1. The maximum absolute atomic E-state index is 13.5. The van der Waals surface area contributed by atoms with Gasteiger partial charge in [-0.05, 0) is 67.9 Å². The Balaban J connectivity index is 1.42. The number of rotatable bonds is 5. The van der Waals surface area contributed by atoms with Crippen LogP contribution in [0.3, 0.4) is 0 Å². The van der Waals surface area contributed by atoms with Crippen molar-refractivity contribution in [3.63, 3.8) is 0 Å². The predicted octanol–water partition coefficient (Wildman–Crippen LogP) is 3.80. The molecule has 2 aliphatic rings. The lowest BCUT2D eigenvalue weighted by Gasteiger charge is -2.31. The van der Waals surface area contributed by atoms with Crippen LogP contribution >= 0.6 is 0 Å². The normalized spacial score (nSPS) is 18.1. The fourth-order valence-electron chi connectivity index (χ4n) is 4.33. The Bertz CT molecular complexity index is 1210. The lowest BCUT2D eigenvalue weighted by molar-refractivity contribution is -0.131. The summed E-state index contributed by atoms with van der Waals surface area (Å²) in [6.07, 6.45) is 4.71. The van der Waals surface area contributed by atoms with Crippen LogP contribution in [0.2, 0.25) is 0 Å². The monoisotopic (exact) mass is 465 g/mol. The molecular formula is C25H25F2N5O2. The first-order valence-corrected chi connectivity index (χ1v) is 11.2. The molecule has 176 valence electrons. The van der Waals surface area contributed by atoms with Crippen molar-refractivity contribution in [3.05, 3.63) is 72.2 Å². The summed E-state index contributed by atoms with van der Waals surface area (Å²) in [7, 11) is 0. The Morgan fingerprint density at radius 1 is 1.06 bits per heavy atom. The van der Waals surface area contributed by atoms with Crippen LogP contribution in [0.4, 0.5) is 20.3 Å². The number of hydrogen-bond acceptors (Lipinski definition) is 5. The molecule has 1 fully saturated rings. The van der Waals surface area contributed by atoms with Gasteiger partial charge in [0.05, 0.1) is 19.2 Å². The molecule has 0 radical (unpaired) electrons. The third-order valence-corrected chi connectivity index (χ3v) is 6.08. The number of carbonyl (C=O) groups is 1. The van der Waals surface area contributed by atoms with Crippen LogP contribution in [-0.2, 0) is 11.3 Å². The molecule has 2 N–H and O–H groups in total. The first kappa shape index (κ1) is 22.2. The number of carbonyl (C=O) groups excluding carboxylic acids is 1. The molecule has 1 saturated heterocycles.